The fraction of sp³-hybridized carbons (Fsp3) is 0.933. The summed E-state index contributed by atoms with van der Waals surface area (Å²) in [5, 5.41) is 3.30. The zero-order valence-electron chi connectivity index (χ0n) is 11.8. The van der Waals surface area contributed by atoms with E-state index in [0.29, 0.717) is 12.6 Å². The van der Waals surface area contributed by atoms with Gasteiger partial charge < -0.3 is 15.0 Å². The lowest BCUT2D eigenvalue weighted by Gasteiger charge is -2.33. The van der Waals surface area contributed by atoms with Gasteiger partial charge in [-0.05, 0) is 31.6 Å². The fourth-order valence-electron chi connectivity index (χ4n) is 3.38. The molecule has 108 valence electrons. The molecule has 2 saturated carbocycles. The average molecular weight is 266 g/mol. The maximum absolute atomic E-state index is 12.6. The first-order chi connectivity index (χ1) is 9.34. The van der Waals surface area contributed by atoms with E-state index in [1.807, 2.05) is 0 Å². The summed E-state index contributed by atoms with van der Waals surface area (Å²) in [7, 11) is 0. The van der Waals surface area contributed by atoms with Crippen molar-refractivity contribution in [3.8, 4) is 0 Å². The molecule has 1 aliphatic heterocycles. The van der Waals surface area contributed by atoms with Gasteiger partial charge in [0.1, 0.15) is 6.04 Å². The molecule has 1 unspecified atom stereocenters. The van der Waals surface area contributed by atoms with Crippen LogP contribution in [0.25, 0.3) is 0 Å². The van der Waals surface area contributed by atoms with Crippen LogP contribution in [0.3, 0.4) is 0 Å². The molecule has 1 saturated heterocycles. The maximum atomic E-state index is 12.6. The largest absolute Gasteiger partial charge is 0.378 e. The third-order valence-electron chi connectivity index (χ3n) is 4.67. The lowest BCUT2D eigenvalue weighted by molar-refractivity contribution is -0.137. The lowest BCUT2D eigenvalue weighted by atomic mass is 9.88. The molecule has 1 heterocycles. The van der Waals surface area contributed by atoms with E-state index in [2.05, 4.69) is 10.2 Å². The summed E-state index contributed by atoms with van der Waals surface area (Å²) in [5.41, 5.74) is 0. The number of rotatable bonds is 4. The number of morpholine rings is 1. The van der Waals surface area contributed by atoms with E-state index in [0.717, 1.165) is 25.6 Å². The molecule has 0 spiro atoms. The minimum absolute atomic E-state index is 0.0991. The van der Waals surface area contributed by atoms with Gasteiger partial charge in [0.15, 0.2) is 0 Å². The maximum Gasteiger partial charge on any atom is 0.242 e. The van der Waals surface area contributed by atoms with Gasteiger partial charge in [-0.15, -0.1) is 0 Å². The van der Waals surface area contributed by atoms with Crippen LogP contribution in [-0.2, 0) is 9.53 Å². The summed E-state index contributed by atoms with van der Waals surface area (Å²) in [5.74, 6) is 1.02. The van der Waals surface area contributed by atoms with Gasteiger partial charge in [0.25, 0.3) is 0 Å². The highest BCUT2D eigenvalue weighted by molar-refractivity contribution is 5.82. The molecule has 1 atom stereocenters. The predicted octanol–water partition coefficient (Wildman–Crippen LogP) is 1.55. The molecule has 0 aromatic rings. The standard InChI is InChI=1S/C15H26N2O2/c18-15(14-11-19-9-8-16-14)17(13-6-7-13)10-12-4-2-1-3-5-12/h12-14,16H,1-11H2. The zero-order valence-corrected chi connectivity index (χ0v) is 11.8. The number of amides is 1. The molecule has 3 aliphatic rings. The topological polar surface area (TPSA) is 41.6 Å². The number of carbonyl (C=O) groups excluding carboxylic acids is 1. The highest BCUT2D eigenvalue weighted by Crippen LogP contribution is 2.31. The molecule has 4 nitrogen and oxygen atoms in total. The molecule has 0 aromatic heterocycles. The normalized spacial score (nSPS) is 29.2. The van der Waals surface area contributed by atoms with Crippen LogP contribution in [-0.4, -0.2) is 49.2 Å². The molecule has 2 aliphatic carbocycles. The van der Waals surface area contributed by atoms with Gasteiger partial charge in [0, 0.05) is 19.1 Å². The summed E-state index contributed by atoms with van der Waals surface area (Å²) in [6, 6.07) is 0.427. The van der Waals surface area contributed by atoms with Crippen LogP contribution in [0.15, 0.2) is 0 Å². The Hall–Kier alpha value is -0.610. The lowest BCUT2D eigenvalue weighted by Crippen LogP contribution is -2.54. The summed E-state index contributed by atoms with van der Waals surface area (Å²) in [6.07, 6.45) is 9.10. The molecule has 1 amide bonds. The van der Waals surface area contributed by atoms with Gasteiger partial charge in [-0.3, -0.25) is 4.79 Å². The summed E-state index contributed by atoms with van der Waals surface area (Å²) in [4.78, 5) is 14.8. The smallest absolute Gasteiger partial charge is 0.242 e. The minimum Gasteiger partial charge on any atom is -0.378 e. The highest BCUT2D eigenvalue weighted by Gasteiger charge is 2.37. The van der Waals surface area contributed by atoms with Crippen LogP contribution in [0, 0.1) is 5.92 Å². The number of ether oxygens (including phenoxy) is 1. The molecule has 0 radical (unpaired) electrons. The second-order valence-electron chi connectivity index (χ2n) is 6.31. The summed E-state index contributed by atoms with van der Waals surface area (Å²) < 4.78 is 5.43. The number of hydrogen-bond donors (Lipinski definition) is 1. The molecule has 0 aromatic carbocycles. The van der Waals surface area contributed by atoms with Crippen molar-refractivity contribution in [1.82, 2.24) is 10.2 Å². The van der Waals surface area contributed by atoms with Crippen molar-refractivity contribution in [3.05, 3.63) is 0 Å². The Morgan fingerprint density at radius 3 is 2.58 bits per heavy atom. The van der Waals surface area contributed by atoms with Crippen molar-refractivity contribution in [2.45, 2.75) is 57.0 Å². The molecule has 3 rings (SSSR count). The SMILES string of the molecule is O=C(C1COCCN1)N(CC1CCCCC1)C1CC1. The van der Waals surface area contributed by atoms with Crippen molar-refractivity contribution < 1.29 is 9.53 Å². The van der Waals surface area contributed by atoms with Crippen LogP contribution < -0.4 is 5.32 Å². The van der Waals surface area contributed by atoms with E-state index < -0.39 is 0 Å². The van der Waals surface area contributed by atoms with Crippen molar-refractivity contribution in [2.24, 2.45) is 5.92 Å². The van der Waals surface area contributed by atoms with Gasteiger partial charge in [0.2, 0.25) is 5.91 Å². The van der Waals surface area contributed by atoms with E-state index >= 15 is 0 Å². The van der Waals surface area contributed by atoms with Gasteiger partial charge in [0.05, 0.1) is 13.2 Å². The molecule has 4 heteroatoms. The Kier molecular flexibility index (Phi) is 4.38. The number of nitrogens with one attached hydrogen (secondary N) is 1. The van der Waals surface area contributed by atoms with E-state index in [4.69, 9.17) is 4.74 Å². The molecular weight excluding hydrogens is 240 g/mol. The molecule has 0 bridgehead atoms. The quantitative estimate of drug-likeness (QED) is 0.839. The first-order valence-corrected chi connectivity index (χ1v) is 7.96. The van der Waals surface area contributed by atoms with Crippen LogP contribution in [0.5, 0.6) is 0 Å². The molecule has 19 heavy (non-hydrogen) atoms. The first kappa shape index (κ1) is 13.4. The van der Waals surface area contributed by atoms with Crippen molar-refractivity contribution in [2.75, 3.05) is 26.3 Å². The van der Waals surface area contributed by atoms with Gasteiger partial charge in [-0.2, -0.15) is 0 Å². The number of hydrogen-bond acceptors (Lipinski definition) is 3. The second kappa shape index (κ2) is 6.23. The molecule has 3 fully saturated rings. The predicted molar refractivity (Wildman–Crippen MR) is 73.9 cm³/mol. The molecule has 1 N–H and O–H groups in total. The Morgan fingerprint density at radius 1 is 1.16 bits per heavy atom. The minimum atomic E-state index is -0.0991. The zero-order chi connectivity index (χ0) is 13.1. The van der Waals surface area contributed by atoms with Crippen LogP contribution >= 0.6 is 0 Å². The van der Waals surface area contributed by atoms with Crippen molar-refractivity contribution in [1.29, 1.82) is 0 Å². The Balaban J connectivity index is 1.57. The third-order valence-corrected chi connectivity index (χ3v) is 4.67. The van der Waals surface area contributed by atoms with E-state index in [1.165, 1.54) is 44.9 Å². The van der Waals surface area contributed by atoms with Crippen LogP contribution in [0.1, 0.15) is 44.9 Å². The van der Waals surface area contributed by atoms with Gasteiger partial charge in [-0.1, -0.05) is 19.3 Å². The monoisotopic (exact) mass is 266 g/mol. The number of carbonyl (C=O) groups is 1. The van der Waals surface area contributed by atoms with E-state index in [-0.39, 0.29) is 11.9 Å². The number of nitrogens with zero attached hydrogens (tertiary/aromatic N) is 1. The molecular formula is C15H26N2O2. The van der Waals surface area contributed by atoms with E-state index in [9.17, 15) is 4.79 Å². The Bertz CT molecular complexity index is 305. The van der Waals surface area contributed by atoms with Gasteiger partial charge in [-0.25, -0.2) is 0 Å². The van der Waals surface area contributed by atoms with Gasteiger partial charge >= 0.3 is 0 Å². The van der Waals surface area contributed by atoms with Crippen molar-refractivity contribution in [3.63, 3.8) is 0 Å². The highest BCUT2D eigenvalue weighted by atomic mass is 16.5. The van der Waals surface area contributed by atoms with Crippen LogP contribution in [0.4, 0.5) is 0 Å². The third kappa shape index (κ3) is 3.48. The Morgan fingerprint density at radius 2 is 1.95 bits per heavy atom. The Labute approximate surface area is 115 Å². The second-order valence-corrected chi connectivity index (χ2v) is 6.31. The summed E-state index contributed by atoms with van der Waals surface area (Å²) >= 11 is 0. The van der Waals surface area contributed by atoms with Crippen molar-refractivity contribution >= 4 is 5.91 Å². The first-order valence-electron chi connectivity index (χ1n) is 7.96. The average Bonchev–Trinajstić information content (AvgIpc) is 3.31. The van der Waals surface area contributed by atoms with Crippen LogP contribution in [0.2, 0.25) is 0 Å². The summed E-state index contributed by atoms with van der Waals surface area (Å²) in [6.45, 7) is 3.07. The van der Waals surface area contributed by atoms with E-state index in [1.54, 1.807) is 0 Å². The fourth-order valence-corrected chi connectivity index (χ4v) is 3.38.